The number of nitrogens with one attached hydrogen (secondary N) is 2. The van der Waals surface area contributed by atoms with Gasteiger partial charge in [-0.3, -0.25) is 4.79 Å². The first kappa shape index (κ1) is 17.2. The SMILES string of the molecule is CNC(=O)c1cc(F)ccc1N/C(=C/C(=O)OC)C(=O)OC. The van der Waals surface area contributed by atoms with Crippen molar-refractivity contribution in [2.24, 2.45) is 0 Å². The van der Waals surface area contributed by atoms with Crippen molar-refractivity contribution in [1.29, 1.82) is 0 Å². The van der Waals surface area contributed by atoms with Crippen molar-refractivity contribution >= 4 is 23.5 Å². The van der Waals surface area contributed by atoms with Crippen LogP contribution in [0.4, 0.5) is 10.1 Å². The number of hydrogen-bond donors (Lipinski definition) is 2. The van der Waals surface area contributed by atoms with Gasteiger partial charge >= 0.3 is 11.9 Å². The van der Waals surface area contributed by atoms with E-state index in [0.717, 1.165) is 32.4 Å². The van der Waals surface area contributed by atoms with Gasteiger partial charge < -0.3 is 20.1 Å². The number of anilines is 1. The van der Waals surface area contributed by atoms with Crippen molar-refractivity contribution in [2.45, 2.75) is 0 Å². The van der Waals surface area contributed by atoms with E-state index in [9.17, 15) is 18.8 Å². The molecular weight excluding hydrogens is 295 g/mol. The molecule has 0 saturated carbocycles. The summed E-state index contributed by atoms with van der Waals surface area (Å²) in [6, 6.07) is 3.35. The third-order valence-electron chi connectivity index (χ3n) is 2.59. The second-order valence-electron chi connectivity index (χ2n) is 3.97. The normalized spacial score (nSPS) is 10.6. The summed E-state index contributed by atoms with van der Waals surface area (Å²) in [4.78, 5) is 34.7. The number of amides is 1. The minimum absolute atomic E-state index is 0.0397. The molecule has 0 aliphatic carbocycles. The number of esters is 2. The molecule has 1 rings (SSSR count). The zero-order valence-corrected chi connectivity index (χ0v) is 12.2. The molecule has 118 valence electrons. The van der Waals surface area contributed by atoms with E-state index in [0.29, 0.717) is 0 Å². The van der Waals surface area contributed by atoms with Gasteiger partial charge in [0.25, 0.3) is 5.91 Å². The fourth-order valence-electron chi connectivity index (χ4n) is 1.53. The topological polar surface area (TPSA) is 93.7 Å². The predicted molar refractivity (Wildman–Crippen MR) is 75.5 cm³/mol. The van der Waals surface area contributed by atoms with Crippen molar-refractivity contribution in [3.05, 3.63) is 41.4 Å². The summed E-state index contributed by atoms with van der Waals surface area (Å²) in [7, 11) is 3.64. The van der Waals surface area contributed by atoms with E-state index in [1.54, 1.807) is 0 Å². The first-order valence-electron chi connectivity index (χ1n) is 6.09. The summed E-state index contributed by atoms with van der Waals surface area (Å²) in [5.41, 5.74) is -0.172. The molecule has 0 saturated heterocycles. The lowest BCUT2D eigenvalue weighted by atomic mass is 10.1. The van der Waals surface area contributed by atoms with Gasteiger partial charge in [-0.25, -0.2) is 14.0 Å². The van der Waals surface area contributed by atoms with Crippen molar-refractivity contribution in [1.82, 2.24) is 5.32 Å². The number of ether oxygens (including phenoxy) is 2. The highest BCUT2D eigenvalue weighted by molar-refractivity contribution is 6.03. The first-order chi connectivity index (χ1) is 10.4. The Bertz CT molecular complexity index is 628. The fraction of sp³-hybridized carbons (Fsp3) is 0.214. The Morgan fingerprint density at radius 1 is 1.18 bits per heavy atom. The number of halogens is 1. The van der Waals surface area contributed by atoms with Gasteiger partial charge in [0.2, 0.25) is 0 Å². The molecule has 0 radical (unpaired) electrons. The quantitative estimate of drug-likeness (QED) is 0.618. The lowest BCUT2D eigenvalue weighted by Crippen LogP contribution is -2.22. The molecule has 22 heavy (non-hydrogen) atoms. The number of carbonyl (C=O) groups is 3. The van der Waals surface area contributed by atoms with E-state index in [1.807, 2.05) is 0 Å². The molecule has 7 nitrogen and oxygen atoms in total. The van der Waals surface area contributed by atoms with Crippen molar-refractivity contribution in [3.63, 3.8) is 0 Å². The predicted octanol–water partition coefficient (Wildman–Crippen LogP) is 0.827. The minimum Gasteiger partial charge on any atom is -0.466 e. The van der Waals surface area contributed by atoms with Crippen molar-refractivity contribution < 1.29 is 28.2 Å². The molecule has 0 atom stereocenters. The Morgan fingerprint density at radius 3 is 2.41 bits per heavy atom. The first-order valence-corrected chi connectivity index (χ1v) is 6.09. The van der Waals surface area contributed by atoms with E-state index in [1.165, 1.54) is 13.1 Å². The van der Waals surface area contributed by atoms with Gasteiger partial charge in [0, 0.05) is 7.05 Å². The molecule has 1 aromatic carbocycles. The smallest absolute Gasteiger partial charge is 0.354 e. The maximum Gasteiger partial charge on any atom is 0.354 e. The lowest BCUT2D eigenvalue weighted by Gasteiger charge is -2.12. The van der Waals surface area contributed by atoms with Crippen molar-refractivity contribution in [3.8, 4) is 0 Å². The summed E-state index contributed by atoms with van der Waals surface area (Å²) in [5, 5.41) is 4.91. The molecule has 0 heterocycles. The maximum atomic E-state index is 13.3. The van der Waals surface area contributed by atoms with E-state index < -0.39 is 23.7 Å². The maximum absolute atomic E-state index is 13.3. The third kappa shape index (κ3) is 4.30. The van der Waals surface area contributed by atoms with Crippen LogP contribution in [0.25, 0.3) is 0 Å². The van der Waals surface area contributed by atoms with Crippen LogP contribution in [0.5, 0.6) is 0 Å². The minimum atomic E-state index is -0.849. The van der Waals surface area contributed by atoms with Crippen molar-refractivity contribution in [2.75, 3.05) is 26.6 Å². The van der Waals surface area contributed by atoms with E-state index in [4.69, 9.17) is 0 Å². The van der Waals surface area contributed by atoms with Crippen LogP contribution in [0, 0.1) is 5.82 Å². The second-order valence-corrected chi connectivity index (χ2v) is 3.97. The number of rotatable bonds is 5. The van der Waals surface area contributed by atoms with E-state index in [2.05, 4.69) is 20.1 Å². The molecule has 1 amide bonds. The zero-order chi connectivity index (χ0) is 16.7. The molecule has 0 aliphatic heterocycles. The van der Waals surface area contributed by atoms with Crippen LogP contribution in [-0.2, 0) is 19.1 Å². The monoisotopic (exact) mass is 310 g/mol. The molecule has 8 heteroatoms. The highest BCUT2D eigenvalue weighted by Crippen LogP contribution is 2.19. The van der Waals surface area contributed by atoms with E-state index in [-0.39, 0.29) is 16.9 Å². The van der Waals surface area contributed by atoms with Crippen LogP contribution >= 0.6 is 0 Å². The third-order valence-corrected chi connectivity index (χ3v) is 2.59. The fourth-order valence-corrected chi connectivity index (χ4v) is 1.53. The van der Waals surface area contributed by atoms with Gasteiger partial charge in [-0.05, 0) is 18.2 Å². The number of carbonyl (C=O) groups excluding carboxylic acids is 3. The number of hydrogen-bond acceptors (Lipinski definition) is 6. The highest BCUT2D eigenvalue weighted by atomic mass is 19.1. The second kappa shape index (κ2) is 7.77. The molecule has 0 unspecified atom stereocenters. The molecule has 0 aromatic heterocycles. The van der Waals surface area contributed by atoms with Gasteiger partial charge in [0.05, 0.1) is 31.5 Å². The van der Waals surface area contributed by atoms with Gasteiger partial charge in [-0.2, -0.15) is 0 Å². The zero-order valence-electron chi connectivity index (χ0n) is 12.2. The number of benzene rings is 1. The molecule has 1 aromatic rings. The molecule has 0 aliphatic rings. The van der Waals surface area contributed by atoms with Crippen LogP contribution in [-0.4, -0.2) is 39.1 Å². The van der Waals surface area contributed by atoms with Gasteiger partial charge in [0.1, 0.15) is 11.5 Å². The Labute approximate surface area is 126 Å². The molecule has 0 spiro atoms. The Balaban J connectivity index is 3.24. The summed E-state index contributed by atoms with van der Waals surface area (Å²) in [5.74, 6) is -2.83. The van der Waals surface area contributed by atoms with Crippen LogP contribution in [0.1, 0.15) is 10.4 Å². The van der Waals surface area contributed by atoms with Crippen LogP contribution in [0.15, 0.2) is 30.0 Å². The Kier molecular flexibility index (Phi) is 6.06. The molecular formula is C14H15FN2O5. The molecule has 0 bridgehead atoms. The lowest BCUT2D eigenvalue weighted by molar-refractivity contribution is -0.138. The van der Waals surface area contributed by atoms with Crippen LogP contribution in [0.3, 0.4) is 0 Å². The average Bonchev–Trinajstić information content (AvgIpc) is 2.53. The van der Waals surface area contributed by atoms with Crippen LogP contribution < -0.4 is 10.6 Å². The van der Waals surface area contributed by atoms with Crippen LogP contribution in [0.2, 0.25) is 0 Å². The number of methoxy groups -OCH3 is 2. The summed E-state index contributed by atoms with van der Waals surface area (Å²) in [6.07, 6.45) is 0.864. The Hall–Kier alpha value is -2.90. The summed E-state index contributed by atoms with van der Waals surface area (Å²) < 4.78 is 22.2. The average molecular weight is 310 g/mol. The van der Waals surface area contributed by atoms with Gasteiger partial charge in [0.15, 0.2) is 0 Å². The van der Waals surface area contributed by atoms with Gasteiger partial charge in [-0.15, -0.1) is 0 Å². The van der Waals surface area contributed by atoms with E-state index >= 15 is 0 Å². The highest BCUT2D eigenvalue weighted by Gasteiger charge is 2.17. The molecule has 2 N–H and O–H groups in total. The summed E-state index contributed by atoms with van der Waals surface area (Å²) in [6.45, 7) is 0. The Morgan fingerprint density at radius 2 is 1.86 bits per heavy atom. The molecule has 0 fully saturated rings. The largest absolute Gasteiger partial charge is 0.466 e. The van der Waals surface area contributed by atoms with Gasteiger partial charge in [-0.1, -0.05) is 0 Å². The summed E-state index contributed by atoms with van der Waals surface area (Å²) >= 11 is 0. The standard InChI is InChI=1S/C14H15FN2O5/c1-16-13(19)9-6-8(15)4-5-10(9)17-11(14(20)22-3)7-12(18)21-2/h4-7,17H,1-3H3,(H,16,19)/b11-7+.